The Morgan fingerprint density at radius 1 is 1.29 bits per heavy atom. The van der Waals surface area contributed by atoms with Crippen LogP contribution in [0.25, 0.3) is 0 Å². The molecule has 4 heteroatoms. The van der Waals surface area contributed by atoms with Gasteiger partial charge in [0, 0.05) is 6.04 Å². The van der Waals surface area contributed by atoms with E-state index in [1.54, 1.807) is 0 Å². The Morgan fingerprint density at radius 3 is 2.48 bits per heavy atom. The molecule has 4 nitrogen and oxygen atoms in total. The normalized spacial score (nSPS) is 20.0. The quantitative estimate of drug-likeness (QED) is 0.870. The lowest BCUT2D eigenvalue weighted by atomic mass is 9.91. The van der Waals surface area contributed by atoms with Crippen molar-refractivity contribution in [2.45, 2.75) is 38.8 Å². The molecule has 1 aliphatic rings. The zero-order chi connectivity index (χ0) is 15.2. The first-order valence-electron chi connectivity index (χ1n) is 7.88. The van der Waals surface area contributed by atoms with Gasteiger partial charge in [0.1, 0.15) is 0 Å². The van der Waals surface area contributed by atoms with Crippen molar-refractivity contribution < 1.29 is 4.79 Å². The van der Waals surface area contributed by atoms with Gasteiger partial charge >= 0.3 is 0 Å². The van der Waals surface area contributed by atoms with Crippen LogP contribution >= 0.6 is 0 Å². The van der Waals surface area contributed by atoms with Crippen molar-refractivity contribution in [3.8, 4) is 0 Å². The van der Waals surface area contributed by atoms with E-state index in [1.165, 1.54) is 0 Å². The van der Waals surface area contributed by atoms with Crippen molar-refractivity contribution in [1.82, 2.24) is 10.2 Å². The summed E-state index contributed by atoms with van der Waals surface area (Å²) >= 11 is 0. The average Bonchev–Trinajstić information content (AvgIpc) is 2.48. The molecule has 0 radical (unpaired) electrons. The average molecular weight is 289 g/mol. The molecule has 0 saturated carbocycles. The van der Waals surface area contributed by atoms with Gasteiger partial charge in [-0.1, -0.05) is 30.3 Å². The molecule has 1 amide bonds. The highest BCUT2D eigenvalue weighted by molar-refractivity contribution is 5.78. The summed E-state index contributed by atoms with van der Waals surface area (Å²) in [5, 5.41) is 3.07. The molecule has 0 aromatic heterocycles. The largest absolute Gasteiger partial charge is 0.348 e. The number of rotatable bonds is 5. The number of nitrogens with zero attached hydrogens (tertiary/aromatic N) is 1. The summed E-state index contributed by atoms with van der Waals surface area (Å²) < 4.78 is 0. The lowest BCUT2D eigenvalue weighted by Crippen LogP contribution is -2.44. The molecule has 3 N–H and O–H groups in total. The van der Waals surface area contributed by atoms with E-state index in [0.717, 1.165) is 31.5 Å². The topological polar surface area (TPSA) is 58.4 Å². The first-order chi connectivity index (χ1) is 10.1. The third kappa shape index (κ3) is 4.83. The molecule has 1 aliphatic heterocycles. The molecule has 0 spiro atoms. The molecule has 116 valence electrons. The van der Waals surface area contributed by atoms with Gasteiger partial charge in [0.2, 0.25) is 5.91 Å². The van der Waals surface area contributed by atoms with E-state index in [4.69, 9.17) is 5.73 Å². The van der Waals surface area contributed by atoms with E-state index in [9.17, 15) is 4.79 Å². The van der Waals surface area contributed by atoms with E-state index in [-0.39, 0.29) is 18.0 Å². The molecular formula is C17H27N3O. The predicted octanol–water partition coefficient (Wildman–Crippen LogP) is 1.92. The van der Waals surface area contributed by atoms with Gasteiger partial charge in [0.05, 0.1) is 12.6 Å². The summed E-state index contributed by atoms with van der Waals surface area (Å²) in [5.74, 6) is 0.707. The number of likely N-dealkylation sites (tertiary alicyclic amines) is 1. The van der Waals surface area contributed by atoms with Gasteiger partial charge in [-0.05, 0) is 51.3 Å². The van der Waals surface area contributed by atoms with E-state index >= 15 is 0 Å². The maximum atomic E-state index is 12.1. The summed E-state index contributed by atoms with van der Waals surface area (Å²) in [7, 11) is 0. The molecule has 0 aliphatic carbocycles. The Balaban J connectivity index is 1.75. The number of hydrogen-bond donors (Lipinski definition) is 2. The smallest absolute Gasteiger partial charge is 0.234 e. The molecular weight excluding hydrogens is 262 g/mol. The monoisotopic (exact) mass is 289 g/mol. The number of carbonyl (C=O) groups is 1. The van der Waals surface area contributed by atoms with Gasteiger partial charge in [-0.15, -0.1) is 0 Å². The molecule has 1 heterocycles. The summed E-state index contributed by atoms with van der Waals surface area (Å²) in [5.41, 5.74) is 7.09. The second-order valence-electron chi connectivity index (χ2n) is 6.17. The second kappa shape index (κ2) is 7.57. The van der Waals surface area contributed by atoms with Crippen LogP contribution in [-0.4, -0.2) is 36.5 Å². The first-order valence-corrected chi connectivity index (χ1v) is 7.88. The summed E-state index contributed by atoms with van der Waals surface area (Å²) in [6, 6.07) is 10.4. The Bertz CT molecular complexity index is 439. The van der Waals surface area contributed by atoms with Crippen LogP contribution in [-0.2, 0) is 4.79 Å². The van der Waals surface area contributed by atoms with E-state index < -0.39 is 0 Å². The molecule has 2 unspecified atom stereocenters. The zero-order valence-corrected chi connectivity index (χ0v) is 13.1. The first kappa shape index (κ1) is 16.0. The van der Waals surface area contributed by atoms with E-state index in [2.05, 4.69) is 17.1 Å². The third-order valence-corrected chi connectivity index (χ3v) is 4.42. The number of carbonyl (C=O) groups excluding carboxylic acids is 1. The van der Waals surface area contributed by atoms with Crippen LogP contribution < -0.4 is 11.1 Å². The van der Waals surface area contributed by atoms with E-state index in [1.807, 2.05) is 37.3 Å². The Morgan fingerprint density at radius 2 is 1.90 bits per heavy atom. The van der Waals surface area contributed by atoms with Crippen LogP contribution in [0.5, 0.6) is 0 Å². The third-order valence-electron chi connectivity index (χ3n) is 4.42. The number of benzene rings is 1. The molecule has 0 bridgehead atoms. The van der Waals surface area contributed by atoms with Gasteiger partial charge in [0.15, 0.2) is 0 Å². The zero-order valence-electron chi connectivity index (χ0n) is 13.1. The van der Waals surface area contributed by atoms with Crippen LogP contribution in [0.2, 0.25) is 0 Å². The standard InChI is InChI=1S/C17H27N3O/c1-13(18)15-8-10-20(11-9-15)12-17(21)19-14(2)16-6-4-3-5-7-16/h3-7,13-15H,8-12,18H2,1-2H3,(H,19,21). The van der Waals surface area contributed by atoms with Gasteiger partial charge in [0.25, 0.3) is 0 Å². The molecule has 21 heavy (non-hydrogen) atoms. The summed E-state index contributed by atoms with van der Waals surface area (Å²) in [6.45, 7) is 6.53. The highest BCUT2D eigenvalue weighted by atomic mass is 16.2. The molecule has 1 aromatic rings. The number of nitrogens with two attached hydrogens (primary N) is 1. The summed E-state index contributed by atoms with van der Waals surface area (Å²) in [6.07, 6.45) is 2.19. The number of hydrogen-bond acceptors (Lipinski definition) is 3. The SMILES string of the molecule is CC(NC(=O)CN1CCC(C(C)N)CC1)c1ccccc1. The van der Waals surface area contributed by atoms with Gasteiger partial charge in [-0.3, -0.25) is 9.69 Å². The van der Waals surface area contributed by atoms with Crippen molar-refractivity contribution in [1.29, 1.82) is 0 Å². The number of amides is 1. The predicted molar refractivity (Wildman–Crippen MR) is 85.8 cm³/mol. The second-order valence-corrected chi connectivity index (χ2v) is 6.17. The molecule has 2 rings (SSSR count). The lowest BCUT2D eigenvalue weighted by Gasteiger charge is -2.33. The Kier molecular flexibility index (Phi) is 5.76. The van der Waals surface area contributed by atoms with Crippen LogP contribution in [0, 0.1) is 5.92 Å². The van der Waals surface area contributed by atoms with Crippen molar-refractivity contribution in [2.24, 2.45) is 11.7 Å². The number of piperidine rings is 1. The minimum Gasteiger partial charge on any atom is -0.348 e. The van der Waals surface area contributed by atoms with E-state index in [0.29, 0.717) is 12.5 Å². The van der Waals surface area contributed by atoms with Crippen LogP contribution in [0.1, 0.15) is 38.3 Å². The minimum absolute atomic E-state index is 0.0558. The highest BCUT2D eigenvalue weighted by Crippen LogP contribution is 2.19. The van der Waals surface area contributed by atoms with Gasteiger partial charge in [-0.25, -0.2) is 0 Å². The Labute approximate surface area is 127 Å². The fraction of sp³-hybridized carbons (Fsp3) is 0.588. The molecule has 2 atom stereocenters. The fourth-order valence-electron chi connectivity index (χ4n) is 2.95. The minimum atomic E-state index is 0.0558. The van der Waals surface area contributed by atoms with Gasteiger partial charge in [-0.2, -0.15) is 0 Å². The molecule has 1 aromatic carbocycles. The highest BCUT2D eigenvalue weighted by Gasteiger charge is 2.23. The van der Waals surface area contributed by atoms with Gasteiger partial charge < -0.3 is 11.1 Å². The van der Waals surface area contributed by atoms with Crippen molar-refractivity contribution >= 4 is 5.91 Å². The van der Waals surface area contributed by atoms with Crippen LogP contribution in [0.3, 0.4) is 0 Å². The fourth-order valence-corrected chi connectivity index (χ4v) is 2.95. The maximum Gasteiger partial charge on any atom is 0.234 e. The van der Waals surface area contributed by atoms with Crippen molar-refractivity contribution in [2.75, 3.05) is 19.6 Å². The molecule has 1 fully saturated rings. The Hall–Kier alpha value is -1.39. The van der Waals surface area contributed by atoms with Crippen LogP contribution in [0.15, 0.2) is 30.3 Å². The van der Waals surface area contributed by atoms with Crippen molar-refractivity contribution in [3.63, 3.8) is 0 Å². The summed E-state index contributed by atoms with van der Waals surface area (Å²) in [4.78, 5) is 14.4. The molecule has 1 saturated heterocycles. The lowest BCUT2D eigenvalue weighted by molar-refractivity contribution is -0.123. The number of nitrogens with one attached hydrogen (secondary N) is 1. The maximum absolute atomic E-state index is 12.1. The van der Waals surface area contributed by atoms with Crippen LogP contribution in [0.4, 0.5) is 0 Å². The van der Waals surface area contributed by atoms with Crippen molar-refractivity contribution in [3.05, 3.63) is 35.9 Å².